The second-order valence-electron chi connectivity index (χ2n) is 4.97. The summed E-state index contributed by atoms with van der Waals surface area (Å²) in [6.45, 7) is 6.13. The fraction of sp³-hybridized carbons (Fsp3) is 0.250. The number of fused-ring (bicyclic) bond motifs is 1. The first kappa shape index (κ1) is 15.4. The molecule has 7 heteroatoms. The summed E-state index contributed by atoms with van der Waals surface area (Å²) >= 11 is 1.16. The Morgan fingerprint density at radius 2 is 1.87 bits per heavy atom. The number of benzene rings is 1. The lowest BCUT2D eigenvalue weighted by molar-refractivity contribution is 0.865. The van der Waals surface area contributed by atoms with Crippen molar-refractivity contribution >= 4 is 28.1 Å². The van der Waals surface area contributed by atoms with Crippen LogP contribution in [0.15, 0.2) is 40.1 Å². The maximum Gasteiger partial charge on any atom is 0.292 e. The minimum atomic E-state index is -0.443. The Labute approximate surface area is 136 Å². The molecule has 0 radical (unpaired) electrons. The molecule has 0 aliphatic rings. The fourth-order valence-electron chi connectivity index (χ4n) is 2.39. The summed E-state index contributed by atoms with van der Waals surface area (Å²) in [5.74, 6) is 0. The predicted octanol–water partition coefficient (Wildman–Crippen LogP) is 0.905. The molecule has 0 bridgehead atoms. The Kier molecular flexibility index (Phi) is 4.20. The van der Waals surface area contributed by atoms with Crippen molar-refractivity contribution in [2.75, 3.05) is 18.0 Å². The largest absolute Gasteiger partial charge is 0.372 e. The maximum absolute atomic E-state index is 12.2. The van der Waals surface area contributed by atoms with Crippen molar-refractivity contribution in [1.82, 2.24) is 14.6 Å². The van der Waals surface area contributed by atoms with Crippen LogP contribution >= 0.6 is 11.3 Å². The first-order chi connectivity index (χ1) is 11.1. The van der Waals surface area contributed by atoms with Crippen LogP contribution in [0.25, 0.3) is 11.0 Å². The molecule has 0 unspecified atom stereocenters. The molecule has 1 aromatic carbocycles. The highest BCUT2D eigenvalue weighted by Crippen LogP contribution is 2.15. The van der Waals surface area contributed by atoms with Crippen LogP contribution < -0.4 is 20.6 Å². The lowest BCUT2D eigenvalue weighted by Gasteiger charge is -2.20. The van der Waals surface area contributed by atoms with Crippen LogP contribution in [0.4, 0.5) is 5.69 Å². The fourth-order valence-corrected chi connectivity index (χ4v) is 3.31. The summed E-state index contributed by atoms with van der Waals surface area (Å²) in [4.78, 5) is 29.8. The van der Waals surface area contributed by atoms with Gasteiger partial charge in [0.15, 0.2) is 0 Å². The Morgan fingerprint density at radius 1 is 1.17 bits per heavy atom. The van der Waals surface area contributed by atoms with Gasteiger partial charge in [-0.05, 0) is 37.6 Å². The third-order valence-electron chi connectivity index (χ3n) is 3.59. The number of hydrogen-bond acceptors (Lipinski definition) is 6. The Morgan fingerprint density at radius 3 is 2.52 bits per heavy atom. The standard InChI is InChI=1S/C16H16N4O2S/c1-3-19(4-2)12-7-5-11(6-8-12)9-13-15(22)20-16(23-13)18-14(21)10-17-20/h5-10H,3-4H2,1-2H3. The normalized spacial score (nSPS) is 12.0. The van der Waals surface area contributed by atoms with Crippen molar-refractivity contribution in [3.63, 3.8) is 0 Å². The van der Waals surface area contributed by atoms with Crippen molar-refractivity contribution in [2.45, 2.75) is 13.8 Å². The van der Waals surface area contributed by atoms with E-state index in [0.29, 0.717) is 9.49 Å². The van der Waals surface area contributed by atoms with E-state index in [1.807, 2.05) is 24.3 Å². The van der Waals surface area contributed by atoms with Gasteiger partial charge < -0.3 is 4.90 Å². The van der Waals surface area contributed by atoms with Crippen molar-refractivity contribution in [2.24, 2.45) is 0 Å². The molecule has 118 valence electrons. The molecule has 0 fully saturated rings. The minimum Gasteiger partial charge on any atom is -0.372 e. The number of nitrogens with zero attached hydrogens (tertiary/aromatic N) is 4. The quantitative estimate of drug-likeness (QED) is 0.712. The van der Waals surface area contributed by atoms with E-state index in [1.54, 1.807) is 6.08 Å². The number of thiazole rings is 1. The molecule has 0 N–H and O–H groups in total. The molecule has 23 heavy (non-hydrogen) atoms. The van der Waals surface area contributed by atoms with Gasteiger partial charge in [0.25, 0.3) is 11.1 Å². The predicted molar refractivity (Wildman–Crippen MR) is 92.2 cm³/mol. The average Bonchev–Trinajstić information content (AvgIpc) is 2.85. The van der Waals surface area contributed by atoms with Gasteiger partial charge >= 0.3 is 0 Å². The molecule has 2 aromatic heterocycles. The van der Waals surface area contributed by atoms with E-state index in [4.69, 9.17) is 0 Å². The molecule has 3 aromatic rings. The van der Waals surface area contributed by atoms with E-state index in [0.717, 1.165) is 46.4 Å². The molecular weight excluding hydrogens is 312 g/mol. The van der Waals surface area contributed by atoms with E-state index in [2.05, 4.69) is 28.8 Å². The molecule has 0 saturated heterocycles. The van der Waals surface area contributed by atoms with Gasteiger partial charge in [-0.2, -0.15) is 14.6 Å². The van der Waals surface area contributed by atoms with Crippen molar-refractivity contribution in [1.29, 1.82) is 0 Å². The molecule has 6 nitrogen and oxygen atoms in total. The van der Waals surface area contributed by atoms with Crippen LogP contribution in [0.5, 0.6) is 0 Å². The van der Waals surface area contributed by atoms with Gasteiger partial charge in [0.1, 0.15) is 6.20 Å². The molecular formula is C16H16N4O2S. The van der Waals surface area contributed by atoms with Crippen LogP contribution in [0.2, 0.25) is 0 Å². The number of rotatable bonds is 4. The lowest BCUT2D eigenvalue weighted by Crippen LogP contribution is -2.25. The summed E-state index contributed by atoms with van der Waals surface area (Å²) in [6, 6.07) is 8.02. The van der Waals surface area contributed by atoms with Gasteiger partial charge in [-0.25, -0.2) is 0 Å². The molecule has 0 amide bonds. The van der Waals surface area contributed by atoms with E-state index in [-0.39, 0.29) is 5.56 Å². The zero-order valence-corrected chi connectivity index (χ0v) is 13.7. The van der Waals surface area contributed by atoms with Crippen molar-refractivity contribution in [3.8, 4) is 0 Å². The topological polar surface area (TPSA) is 67.6 Å². The van der Waals surface area contributed by atoms with E-state index < -0.39 is 5.56 Å². The van der Waals surface area contributed by atoms with E-state index >= 15 is 0 Å². The van der Waals surface area contributed by atoms with Gasteiger partial charge in [0.05, 0.1) is 4.53 Å². The van der Waals surface area contributed by atoms with Gasteiger partial charge in [0, 0.05) is 18.8 Å². The summed E-state index contributed by atoms with van der Waals surface area (Å²) < 4.78 is 1.66. The van der Waals surface area contributed by atoms with Gasteiger partial charge in [0.2, 0.25) is 4.96 Å². The Bertz CT molecular complexity index is 988. The lowest BCUT2D eigenvalue weighted by atomic mass is 10.2. The van der Waals surface area contributed by atoms with Crippen LogP contribution in [0, 0.1) is 0 Å². The highest BCUT2D eigenvalue weighted by Gasteiger charge is 2.06. The first-order valence-corrected chi connectivity index (χ1v) is 8.19. The van der Waals surface area contributed by atoms with Crippen LogP contribution in [-0.4, -0.2) is 27.7 Å². The second-order valence-corrected chi connectivity index (χ2v) is 5.98. The zero-order chi connectivity index (χ0) is 16.4. The summed E-state index contributed by atoms with van der Waals surface area (Å²) in [7, 11) is 0. The van der Waals surface area contributed by atoms with Gasteiger partial charge in [-0.1, -0.05) is 23.5 Å². The SMILES string of the molecule is CCN(CC)c1ccc(C=c2sc3nc(=O)cnn3c2=O)cc1. The van der Waals surface area contributed by atoms with E-state index in [1.165, 1.54) is 0 Å². The third-order valence-corrected chi connectivity index (χ3v) is 4.55. The molecule has 0 saturated carbocycles. The maximum atomic E-state index is 12.2. The van der Waals surface area contributed by atoms with Gasteiger partial charge in [-0.15, -0.1) is 0 Å². The smallest absolute Gasteiger partial charge is 0.292 e. The highest BCUT2D eigenvalue weighted by molar-refractivity contribution is 7.15. The zero-order valence-electron chi connectivity index (χ0n) is 12.9. The molecule has 0 aliphatic carbocycles. The molecule has 0 aliphatic heterocycles. The summed E-state index contributed by atoms with van der Waals surface area (Å²) in [5.41, 5.74) is 1.37. The van der Waals surface area contributed by atoms with Crippen molar-refractivity contribution in [3.05, 3.63) is 61.3 Å². The molecule has 0 spiro atoms. The first-order valence-electron chi connectivity index (χ1n) is 7.38. The number of aromatic nitrogens is 3. The van der Waals surface area contributed by atoms with E-state index in [9.17, 15) is 9.59 Å². The van der Waals surface area contributed by atoms with Crippen LogP contribution in [0.3, 0.4) is 0 Å². The Hall–Kier alpha value is -2.54. The highest BCUT2D eigenvalue weighted by atomic mass is 32.1. The Balaban J connectivity index is 2.03. The monoisotopic (exact) mass is 328 g/mol. The third kappa shape index (κ3) is 3.00. The second kappa shape index (κ2) is 6.29. The number of hydrogen-bond donors (Lipinski definition) is 0. The summed E-state index contributed by atoms with van der Waals surface area (Å²) in [5, 5.41) is 3.81. The molecule has 3 rings (SSSR count). The average molecular weight is 328 g/mol. The number of anilines is 1. The summed E-state index contributed by atoms with van der Waals surface area (Å²) in [6.07, 6.45) is 2.84. The van der Waals surface area contributed by atoms with Crippen molar-refractivity contribution < 1.29 is 0 Å². The molecule has 0 atom stereocenters. The van der Waals surface area contributed by atoms with Gasteiger partial charge in [-0.3, -0.25) is 9.59 Å². The molecule has 2 heterocycles. The minimum absolute atomic E-state index is 0.259. The van der Waals surface area contributed by atoms with Crippen LogP contribution in [0.1, 0.15) is 19.4 Å². The van der Waals surface area contributed by atoms with Crippen LogP contribution in [-0.2, 0) is 0 Å².